The molecule has 180 valence electrons. The Morgan fingerprint density at radius 3 is 2.60 bits per heavy atom. The molecule has 0 saturated carbocycles. The minimum atomic E-state index is -2.70. The first-order valence-electron chi connectivity index (χ1n) is 11.6. The number of hydrogen-bond donors (Lipinski definition) is 1. The molecular weight excluding hydrogens is 452 g/mol. The zero-order valence-corrected chi connectivity index (χ0v) is 19.7. The van der Waals surface area contributed by atoms with Gasteiger partial charge in [-0.25, -0.2) is 18.7 Å². The number of fused-ring (bicyclic) bond motifs is 2. The number of nitrogens with one attached hydrogen (secondary N) is 1. The standard InChI is InChI=1S/C25H25F2N7O/c1-13-25(35)32(2)12-20-22(31-24(34(13)20)14-8-28-9-14)16-5-4-6-19-17(16)7-18(23(26)27)21(30-19)15-10-29-33(3)11-15/h4-7,10-11,13-14,23,28H,8-9,12H2,1-3H3. The van der Waals surface area contributed by atoms with Crippen molar-refractivity contribution >= 4 is 16.8 Å². The van der Waals surface area contributed by atoms with Crippen LogP contribution in [0.4, 0.5) is 8.78 Å². The number of pyridine rings is 1. The molecule has 3 aromatic heterocycles. The lowest BCUT2D eigenvalue weighted by Gasteiger charge is -2.34. The molecule has 1 aromatic carbocycles. The molecule has 0 spiro atoms. The van der Waals surface area contributed by atoms with E-state index in [0.717, 1.165) is 35.9 Å². The third-order valence-corrected chi connectivity index (χ3v) is 7.05. The van der Waals surface area contributed by atoms with Crippen LogP contribution >= 0.6 is 0 Å². The molecule has 1 atom stereocenters. The van der Waals surface area contributed by atoms with Gasteiger partial charge in [0.15, 0.2) is 0 Å². The predicted molar refractivity (Wildman–Crippen MR) is 127 cm³/mol. The highest BCUT2D eigenvalue weighted by Gasteiger charge is 2.37. The number of aryl methyl sites for hydroxylation is 1. The zero-order valence-electron chi connectivity index (χ0n) is 19.7. The Kier molecular flexibility index (Phi) is 4.96. The SMILES string of the molecule is CC1C(=O)N(C)Cc2c(-c3cccc4nc(-c5cnn(C)c5)c(C(F)F)cc34)nc(C3CNC3)n21. The van der Waals surface area contributed by atoms with Gasteiger partial charge in [-0.05, 0) is 19.1 Å². The maximum absolute atomic E-state index is 14.2. The number of carbonyl (C=O) groups is 1. The van der Waals surface area contributed by atoms with E-state index in [-0.39, 0.29) is 29.1 Å². The Balaban J connectivity index is 1.59. The van der Waals surface area contributed by atoms with E-state index in [1.165, 1.54) is 6.07 Å². The van der Waals surface area contributed by atoms with E-state index in [4.69, 9.17) is 4.98 Å². The highest BCUT2D eigenvalue weighted by Crippen LogP contribution is 2.40. The van der Waals surface area contributed by atoms with Gasteiger partial charge in [-0.3, -0.25) is 9.48 Å². The highest BCUT2D eigenvalue weighted by atomic mass is 19.3. The van der Waals surface area contributed by atoms with Crippen LogP contribution < -0.4 is 5.32 Å². The fraction of sp³-hybridized carbons (Fsp3) is 0.360. The van der Waals surface area contributed by atoms with Gasteiger partial charge in [-0.2, -0.15) is 5.10 Å². The van der Waals surface area contributed by atoms with Crippen LogP contribution in [0.1, 0.15) is 42.4 Å². The summed E-state index contributed by atoms with van der Waals surface area (Å²) in [4.78, 5) is 24.2. The van der Waals surface area contributed by atoms with E-state index < -0.39 is 6.43 Å². The number of hydrogen-bond acceptors (Lipinski definition) is 5. The number of amides is 1. The summed E-state index contributed by atoms with van der Waals surface area (Å²) in [5, 5.41) is 8.01. The molecule has 35 heavy (non-hydrogen) atoms. The number of rotatable bonds is 4. The van der Waals surface area contributed by atoms with E-state index >= 15 is 0 Å². The predicted octanol–water partition coefficient (Wildman–Crippen LogP) is 3.66. The third-order valence-electron chi connectivity index (χ3n) is 7.05. The lowest BCUT2D eigenvalue weighted by molar-refractivity contribution is -0.135. The topological polar surface area (TPSA) is 80.9 Å². The number of nitrogens with zero attached hydrogens (tertiary/aromatic N) is 6. The second kappa shape index (κ2) is 7.94. The summed E-state index contributed by atoms with van der Waals surface area (Å²) in [6.45, 7) is 3.90. The first kappa shape index (κ1) is 21.8. The fourth-order valence-corrected chi connectivity index (χ4v) is 5.13. The second-order valence-corrected chi connectivity index (χ2v) is 9.36. The number of aromatic nitrogens is 5. The zero-order chi connectivity index (χ0) is 24.4. The van der Waals surface area contributed by atoms with Gasteiger partial charge in [-0.15, -0.1) is 0 Å². The van der Waals surface area contributed by atoms with Crippen LogP contribution in [0.15, 0.2) is 36.7 Å². The molecule has 4 aromatic rings. The Morgan fingerprint density at radius 1 is 1.14 bits per heavy atom. The number of likely N-dealkylation sites (N-methyl/N-ethyl adjacent to an activating group) is 1. The molecule has 0 bridgehead atoms. The molecule has 0 aliphatic carbocycles. The number of benzene rings is 1. The van der Waals surface area contributed by atoms with Crippen molar-refractivity contribution in [1.82, 2.24) is 34.5 Å². The molecule has 10 heteroatoms. The Bertz CT molecular complexity index is 1470. The van der Waals surface area contributed by atoms with Gasteiger partial charge in [0.25, 0.3) is 6.43 Å². The summed E-state index contributed by atoms with van der Waals surface area (Å²) in [5.74, 6) is 1.12. The number of carbonyl (C=O) groups excluding carboxylic acids is 1. The Labute approximate surface area is 200 Å². The van der Waals surface area contributed by atoms with E-state index in [2.05, 4.69) is 15.4 Å². The maximum Gasteiger partial charge on any atom is 0.265 e. The summed E-state index contributed by atoms with van der Waals surface area (Å²) in [6.07, 6.45) is 0.525. The largest absolute Gasteiger partial charge is 0.338 e. The van der Waals surface area contributed by atoms with E-state index in [1.807, 2.05) is 29.7 Å². The van der Waals surface area contributed by atoms with Crippen molar-refractivity contribution in [2.24, 2.45) is 7.05 Å². The quantitative estimate of drug-likeness (QED) is 0.485. The molecule has 0 radical (unpaired) electrons. The van der Waals surface area contributed by atoms with Crippen LogP contribution in [-0.2, 0) is 18.4 Å². The number of halogens is 2. The van der Waals surface area contributed by atoms with Crippen molar-refractivity contribution in [3.05, 3.63) is 53.7 Å². The Hall–Kier alpha value is -3.66. The number of alkyl halides is 2. The number of imidazole rings is 1. The molecule has 5 heterocycles. The molecule has 1 fully saturated rings. The van der Waals surface area contributed by atoms with Crippen molar-refractivity contribution in [2.45, 2.75) is 31.9 Å². The van der Waals surface area contributed by atoms with E-state index in [0.29, 0.717) is 23.0 Å². The molecule has 1 unspecified atom stereocenters. The summed E-state index contributed by atoms with van der Waals surface area (Å²) in [7, 11) is 3.52. The van der Waals surface area contributed by atoms with Crippen LogP contribution in [0.3, 0.4) is 0 Å². The summed E-state index contributed by atoms with van der Waals surface area (Å²) >= 11 is 0. The van der Waals surface area contributed by atoms with Gasteiger partial charge in [0.05, 0.1) is 35.3 Å². The minimum Gasteiger partial charge on any atom is -0.338 e. The van der Waals surface area contributed by atoms with Gasteiger partial charge in [0.1, 0.15) is 11.9 Å². The van der Waals surface area contributed by atoms with Crippen LogP contribution in [0, 0.1) is 0 Å². The first-order chi connectivity index (χ1) is 16.8. The van der Waals surface area contributed by atoms with E-state index in [1.54, 1.807) is 36.1 Å². The molecule has 2 aliphatic rings. The van der Waals surface area contributed by atoms with Gasteiger partial charge in [0.2, 0.25) is 5.91 Å². The minimum absolute atomic E-state index is 0.0377. The molecule has 6 rings (SSSR count). The Morgan fingerprint density at radius 2 is 1.94 bits per heavy atom. The van der Waals surface area contributed by atoms with Crippen LogP contribution in [0.2, 0.25) is 0 Å². The summed E-state index contributed by atoms with van der Waals surface area (Å²) in [5.41, 5.74) is 3.62. The van der Waals surface area contributed by atoms with Crippen molar-refractivity contribution in [3.8, 4) is 22.5 Å². The maximum atomic E-state index is 14.2. The second-order valence-electron chi connectivity index (χ2n) is 9.36. The first-order valence-corrected chi connectivity index (χ1v) is 11.6. The summed E-state index contributed by atoms with van der Waals surface area (Å²) < 4.78 is 32.1. The van der Waals surface area contributed by atoms with Gasteiger partial charge in [0, 0.05) is 61.4 Å². The lowest BCUT2D eigenvalue weighted by Crippen LogP contribution is -2.44. The monoisotopic (exact) mass is 477 g/mol. The molecular formula is C25H25F2N7O. The van der Waals surface area contributed by atoms with Crippen molar-refractivity contribution in [2.75, 3.05) is 20.1 Å². The highest BCUT2D eigenvalue weighted by molar-refractivity contribution is 5.96. The lowest BCUT2D eigenvalue weighted by atomic mass is 9.99. The molecule has 8 nitrogen and oxygen atoms in total. The smallest absolute Gasteiger partial charge is 0.265 e. The normalized spacial score (nSPS) is 18.4. The van der Waals surface area contributed by atoms with Crippen LogP contribution in [0.5, 0.6) is 0 Å². The van der Waals surface area contributed by atoms with Crippen LogP contribution in [-0.4, -0.2) is 55.3 Å². The fourth-order valence-electron chi connectivity index (χ4n) is 5.13. The molecule has 1 saturated heterocycles. The van der Waals surface area contributed by atoms with Crippen LogP contribution in [0.25, 0.3) is 33.4 Å². The molecule has 2 aliphatic heterocycles. The van der Waals surface area contributed by atoms with Gasteiger partial charge < -0.3 is 14.8 Å². The summed E-state index contributed by atoms with van der Waals surface area (Å²) in [6, 6.07) is 6.75. The average Bonchev–Trinajstić information content (AvgIpc) is 3.39. The molecule has 1 N–H and O–H groups in total. The van der Waals surface area contributed by atoms with Crippen molar-refractivity contribution in [1.29, 1.82) is 0 Å². The van der Waals surface area contributed by atoms with E-state index in [9.17, 15) is 13.6 Å². The van der Waals surface area contributed by atoms with Crippen molar-refractivity contribution < 1.29 is 13.6 Å². The average molecular weight is 478 g/mol. The van der Waals surface area contributed by atoms with Gasteiger partial charge >= 0.3 is 0 Å². The van der Waals surface area contributed by atoms with Crippen molar-refractivity contribution in [3.63, 3.8) is 0 Å². The third kappa shape index (κ3) is 3.35. The molecule has 1 amide bonds. The van der Waals surface area contributed by atoms with Gasteiger partial charge in [-0.1, -0.05) is 12.1 Å².